The molecular weight excluding hydrogens is 470 g/mol. The van der Waals surface area contributed by atoms with Gasteiger partial charge in [0.05, 0.1) is 4.90 Å². The molecule has 0 unspecified atom stereocenters. The van der Waals surface area contributed by atoms with E-state index >= 15 is 0 Å². The van der Waals surface area contributed by atoms with Crippen LogP contribution in [0, 0.1) is 6.92 Å². The zero-order chi connectivity index (χ0) is 25.6. The van der Waals surface area contributed by atoms with Gasteiger partial charge in [-0.1, -0.05) is 68.8 Å². The average molecular weight is 506 g/mol. The third-order valence-corrected chi connectivity index (χ3v) is 11.9. The molecule has 0 fully saturated rings. The Morgan fingerprint density at radius 1 is 1.00 bits per heavy atom. The Kier molecular flexibility index (Phi) is 9.35. The molecular formula is C25H35NO6SSi. The normalized spacial score (nSPS) is 13.4. The maximum atomic E-state index is 13.0. The summed E-state index contributed by atoms with van der Waals surface area (Å²) in [6, 6.07) is 15.6. The summed E-state index contributed by atoms with van der Waals surface area (Å²) < 4.78 is 39.5. The van der Waals surface area contributed by atoms with Gasteiger partial charge in [-0.05, 0) is 42.8 Å². The first kappa shape index (κ1) is 27.9. The summed E-state index contributed by atoms with van der Waals surface area (Å²) in [7, 11) is -6.30. The van der Waals surface area contributed by atoms with E-state index in [2.05, 4.69) is 4.72 Å². The Labute approximate surface area is 204 Å². The fourth-order valence-corrected chi connectivity index (χ4v) is 5.10. The molecule has 0 aliphatic carbocycles. The van der Waals surface area contributed by atoms with Gasteiger partial charge in [0, 0.05) is 6.54 Å². The van der Waals surface area contributed by atoms with Crippen LogP contribution in [-0.2, 0) is 35.4 Å². The van der Waals surface area contributed by atoms with E-state index in [1.165, 1.54) is 12.1 Å². The van der Waals surface area contributed by atoms with Gasteiger partial charge >= 0.3 is 5.97 Å². The van der Waals surface area contributed by atoms with Gasteiger partial charge in [-0.25, -0.2) is 13.1 Å². The number of carbonyl (C=O) groups is 2. The fraction of sp³-hybridized carbons (Fsp3) is 0.440. The molecule has 0 aliphatic heterocycles. The lowest BCUT2D eigenvalue weighted by atomic mass is 10.2. The molecule has 0 bridgehead atoms. The highest BCUT2D eigenvalue weighted by molar-refractivity contribution is 7.89. The minimum absolute atomic E-state index is 0.0563. The number of hydrogen-bond donors (Lipinski definition) is 1. The predicted molar refractivity (Wildman–Crippen MR) is 134 cm³/mol. The standard InChI is InChI=1S/C25H35NO6SSi/c1-19-12-14-21(15-13-19)33(29,30)26-17-23(32-34(5,6)25(2,3)4)22(27)16-24(28)31-18-20-10-8-7-9-11-20/h7-15,23,26H,16-18H2,1-6H3/t23-/m1/s1. The highest BCUT2D eigenvalue weighted by atomic mass is 32.2. The van der Waals surface area contributed by atoms with Gasteiger partial charge in [0.1, 0.15) is 19.1 Å². The summed E-state index contributed by atoms with van der Waals surface area (Å²) in [5, 5.41) is -0.213. The maximum absolute atomic E-state index is 13.0. The first-order valence-electron chi connectivity index (χ1n) is 11.2. The van der Waals surface area contributed by atoms with Gasteiger partial charge < -0.3 is 9.16 Å². The molecule has 0 amide bonds. The van der Waals surface area contributed by atoms with Crippen LogP contribution < -0.4 is 4.72 Å². The number of ether oxygens (including phenoxy) is 1. The van der Waals surface area contributed by atoms with Crippen molar-refractivity contribution in [3.05, 3.63) is 65.7 Å². The number of sulfonamides is 1. The van der Waals surface area contributed by atoms with Crippen LogP contribution in [0.3, 0.4) is 0 Å². The van der Waals surface area contributed by atoms with Crippen LogP contribution in [0.4, 0.5) is 0 Å². The number of ketones is 1. The van der Waals surface area contributed by atoms with Crippen molar-refractivity contribution in [1.82, 2.24) is 4.72 Å². The van der Waals surface area contributed by atoms with Gasteiger partial charge in [0.25, 0.3) is 0 Å². The number of esters is 1. The van der Waals surface area contributed by atoms with Crippen LogP contribution in [0.5, 0.6) is 0 Å². The largest absolute Gasteiger partial charge is 0.460 e. The van der Waals surface area contributed by atoms with Crippen molar-refractivity contribution in [2.75, 3.05) is 6.54 Å². The van der Waals surface area contributed by atoms with Gasteiger partial charge in [-0.2, -0.15) is 0 Å². The number of aryl methyl sites for hydroxylation is 1. The average Bonchev–Trinajstić information content (AvgIpc) is 2.75. The van der Waals surface area contributed by atoms with Crippen molar-refractivity contribution in [2.24, 2.45) is 0 Å². The van der Waals surface area contributed by atoms with Crippen molar-refractivity contribution >= 4 is 30.1 Å². The van der Waals surface area contributed by atoms with Crippen LogP contribution >= 0.6 is 0 Å². The molecule has 2 aromatic rings. The first-order valence-corrected chi connectivity index (χ1v) is 15.6. The lowest BCUT2D eigenvalue weighted by molar-refractivity contribution is -0.148. The quantitative estimate of drug-likeness (QED) is 0.277. The van der Waals surface area contributed by atoms with Crippen molar-refractivity contribution in [2.45, 2.75) is 69.9 Å². The monoisotopic (exact) mass is 505 g/mol. The topological polar surface area (TPSA) is 98.8 Å². The summed E-state index contributed by atoms with van der Waals surface area (Å²) >= 11 is 0. The molecule has 0 radical (unpaired) electrons. The number of Topliss-reactive ketones (excluding diaryl/α,β-unsaturated/α-hetero) is 1. The van der Waals surface area contributed by atoms with Crippen molar-refractivity contribution in [3.63, 3.8) is 0 Å². The van der Waals surface area contributed by atoms with Crippen LogP contribution in [0.2, 0.25) is 18.1 Å². The van der Waals surface area contributed by atoms with Crippen molar-refractivity contribution in [3.8, 4) is 0 Å². The molecule has 34 heavy (non-hydrogen) atoms. The molecule has 1 atom stereocenters. The van der Waals surface area contributed by atoms with E-state index in [4.69, 9.17) is 9.16 Å². The van der Waals surface area contributed by atoms with Gasteiger partial charge in [-0.15, -0.1) is 0 Å². The Balaban J connectivity index is 2.12. The van der Waals surface area contributed by atoms with Crippen LogP contribution in [0.1, 0.15) is 38.3 Å². The molecule has 2 aromatic carbocycles. The van der Waals surface area contributed by atoms with E-state index in [1.807, 2.05) is 71.1 Å². The number of carbonyl (C=O) groups excluding carboxylic acids is 2. The zero-order valence-electron chi connectivity index (χ0n) is 20.8. The summed E-state index contributed by atoms with van der Waals surface area (Å²) in [5.74, 6) is -1.20. The summed E-state index contributed by atoms with van der Waals surface area (Å²) in [5.41, 5.74) is 1.74. The van der Waals surface area contributed by atoms with E-state index in [0.717, 1.165) is 11.1 Å². The van der Waals surface area contributed by atoms with Gasteiger partial charge in [-0.3, -0.25) is 9.59 Å². The number of hydrogen-bond acceptors (Lipinski definition) is 6. The Morgan fingerprint density at radius 2 is 1.59 bits per heavy atom. The second-order valence-corrected chi connectivity index (χ2v) is 16.3. The second kappa shape index (κ2) is 11.4. The molecule has 0 aromatic heterocycles. The molecule has 0 saturated carbocycles. The Hall–Kier alpha value is -2.33. The van der Waals surface area contributed by atoms with E-state index in [9.17, 15) is 18.0 Å². The lowest BCUT2D eigenvalue weighted by Crippen LogP contribution is -2.50. The van der Waals surface area contributed by atoms with Gasteiger partial charge in [0.15, 0.2) is 14.1 Å². The van der Waals surface area contributed by atoms with E-state index in [0.29, 0.717) is 0 Å². The predicted octanol–water partition coefficient (Wildman–Crippen LogP) is 4.37. The van der Waals surface area contributed by atoms with Crippen molar-refractivity contribution < 1.29 is 27.2 Å². The van der Waals surface area contributed by atoms with Crippen LogP contribution in [0.15, 0.2) is 59.5 Å². The third kappa shape index (κ3) is 8.16. The smallest absolute Gasteiger partial charge is 0.313 e. The molecule has 7 nitrogen and oxygen atoms in total. The van der Waals surface area contributed by atoms with E-state index in [-0.39, 0.29) is 23.1 Å². The number of rotatable bonds is 11. The van der Waals surface area contributed by atoms with Crippen LogP contribution in [0.25, 0.3) is 0 Å². The van der Waals surface area contributed by atoms with E-state index < -0.39 is 42.6 Å². The second-order valence-electron chi connectivity index (χ2n) is 9.82. The fourth-order valence-electron chi connectivity index (χ4n) is 2.78. The number of nitrogens with one attached hydrogen (secondary N) is 1. The highest BCUT2D eigenvalue weighted by Crippen LogP contribution is 2.37. The number of benzene rings is 2. The van der Waals surface area contributed by atoms with Crippen LogP contribution in [-0.4, -0.2) is 41.1 Å². The Morgan fingerprint density at radius 3 is 2.15 bits per heavy atom. The molecule has 0 saturated heterocycles. The Bertz CT molecular complexity index is 1080. The molecule has 0 spiro atoms. The molecule has 9 heteroatoms. The lowest BCUT2D eigenvalue weighted by Gasteiger charge is -2.38. The minimum atomic E-state index is -3.85. The molecule has 2 rings (SSSR count). The molecule has 0 aliphatic rings. The third-order valence-electron chi connectivity index (χ3n) is 5.95. The van der Waals surface area contributed by atoms with E-state index in [1.54, 1.807) is 12.1 Å². The van der Waals surface area contributed by atoms with Gasteiger partial charge in [0.2, 0.25) is 10.0 Å². The highest BCUT2D eigenvalue weighted by Gasteiger charge is 2.41. The summed E-state index contributed by atoms with van der Waals surface area (Å²) in [6.07, 6.45) is -1.61. The summed E-state index contributed by atoms with van der Waals surface area (Å²) in [4.78, 5) is 25.4. The molecule has 0 heterocycles. The van der Waals surface area contributed by atoms with Crippen molar-refractivity contribution in [1.29, 1.82) is 0 Å². The molecule has 1 N–H and O–H groups in total. The SMILES string of the molecule is Cc1ccc(S(=O)(=O)NC[C@@H](O[Si](C)(C)C(C)(C)C)C(=O)CC(=O)OCc2ccccc2)cc1. The molecule has 186 valence electrons. The maximum Gasteiger partial charge on any atom is 0.313 e. The minimum Gasteiger partial charge on any atom is -0.460 e. The zero-order valence-corrected chi connectivity index (χ0v) is 22.6. The first-order chi connectivity index (χ1) is 15.7. The summed E-state index contributed by atoms with van der Waals surface area (Å²) in [6.45, 7) is 11.6.